The van der Waals surface area contributed by atoms with Gasteiger partial charge in [-0.15, -0.1) is 0 Å². The molecule has 19 heavy (non-hydrogen) atoms. The molecule has 1 aromatic carbocycles. The third-order valence-corrected chi connectivity index (χ3v) is 3.70. The van der Waals surface area contributed by atoms with Crippen LogP contribution in [-0.4, -0.2) is 29.9 Å². The van der Waals surface area contributed by atoms with Gasteiger partial charge in [-0.05, 0) is 37.0 Å². The van der Waals surface area contributed by atoms with E-state index in [4.69, 9.17) is 5.73 Å². The SMILES string of the molecule is CC(Cc1cccc(F)c1)C(=O)N1CCC(N)CC1. The van der Waals surface area contributed by atoms with Crippen LogP contribution in [0.5, 0.6) is 0 Å². The molecule has 0 aliphatic carbocycles. The fraction of sp³-hybridized carbons (Fsp3) is 0.533. The Morgan fingerprint density at radius 1 is 1.47 bits per heavy atom. The number of carbonyl (C=O) groups excluding carboxylic acids is 1. The Hall–Kier alpha value is -1.42. The minimum Gasteiger partial charge on any atom is -0.342 e. The van der Waals surface area contributed by atoms with Crippen molar-refractivity contribution in [2.24, 2.45) is 11.7 Å². The van der Waals surface area contributed by atoms with Gasteiger partial charge in [0.1, 0.15) is 5.82 Å². The van der Waals surface area contributed by atoms with Gasteiger partial charge in [-0.1, -0.05) is 19.1 Å². The van der Waals surface area contributed by atoms with Crippen LogP contribution in [0.2, 0.25) is 0 Å². The van der Waals surface area contributed by atoms with Gasteiger partial charge in [0.2, 0.25) is 5.91 Å². The number of amides is 1. The third-order valence-electron chi connectivity index (χ3n) is 3.70. The summed E-state index contributed by atoms with van der Waals surface area (Å²) in [5.74, 6) is -0.214. The number of benzene rings is 1. The minimum absolute atomic E-state index is 0.115. The van der Waals surface area contributed by atoms with E-state index in [1.54, 1.807) is 6.07 Å². The summed E-state index contributed by atoms with van der Waals surface area (Å²) >= 11 is 0. The molecule has 0 saturated carbocycles. The van der Waals surface area contributed by atoms with Crippen molar-refractivity contribution in [3.8, 4) is 0 Å². The minimum atomic E-state index is -0.249. The highest BCUT2D eigenvalue weighted by Crippen LogP contribution is 2.16. The van der Waals surface area contributed by atoms with Crippen molar-refractivity contribution in [3.05, 3.63) is 35.6 Å². The first kappa shape index (κ1) is 14.0. The molecule has 1 aromatic rings. The van der Waals surface area contributed by atoms with Crippen molar-refractivity contribution in [1.29, 1.82) is 0 Å². The molecule has 1 fully saturated rings. The van der Waals surface area contributed by atoms with E-state index in [0.717, 1.165) is 31.5 Å². The topological polar surface area (TPSA) is 46.3 Å². The Morgan fingerprint density at radius 3 is 2.79 bits per heavy atom. The molecule has 4 heteroatoms. The van der Waals surface area contributed by atoms with E-state index in [-0.39, 0.29) is 23.7 Å². The fourth-order valence-corrected chi connectivity index (χ4v) is 2.54. The van der Waals surface area contributed by atoms with Crippen LogP contribution in [0.25, 0.3) is 0 Å². The molecule has 2 rings (SSSR count). The Kier molecular flexibility index (Phi) is 4.53. The quantitative estimate of drug-likeness (QED) is 0.907. The Morgan fingerprint density at radius 2 is 2.16 bits per heavy atom. The maximum Gasteiger partial charge on any atom is 0.225 e. The van der Waals surface area contributed by atoms with E-state index in [0.29, 0.717) is 6.42 Å². The monoisotopic (exact) mass is 264 g/mol. The fourth-order valence-electron chi connectivity index (χ4n) is 2.54. The van der Waals surface area contributed by atoms with Crippen LogP contribution in [0.4, 0.5) is 4.39 Å². The smallest absolute Gasteiger partial charge is 0.225 e. The van der Waals surface area contributed by atoms with E-state index < -0.39 is 0 Å². The molecule has 1 atom stereocenters. The van der Waals surface area contributed by atoms with Crippen LogP contribution in [0, 0.1) is 11.7 Å². The van der Waals surface area contributed by atoms with Crippen LogP contribution in [0.15, 0.2) is 24.3 Å². The van der Waals surface area contributed by atoms with Crippen molar-refractivity contribution < 1.29 is 9.18 Å². The molecule has 1 aliphatic rings. The van der Waals surface area contributed by atoms with E-state index >= 15 is 0 Å². The standard InChI is InChI=1S/C15H21FN2O/c1-11(9-12-3-2-4-13(16)10-12)15(19)18-7-5-14(17)6-8-18/h2-4,10-11,14H,5-9,17H2,1H3. The molecule has 1 unspecified atom stereocenters. The first-order chi connectivity index (χ1) is 9.06. The summed E-state index contributed by atoms with van der Waals surface area (Å²) in [6, 6.07) is 6.68. The molecule has 0 radical (unpaired) electrons. The lowest BCUT2D eigenvalue weighted by Crippen LogP contribution is -2.45. The molecular weight excluding hydrogens is 243 g/mol. The number of likely N-dealkylation sites (tertiary alicyclic amines) is 1. The van der Waals surface area contributed by atoms with Crippen LogP contribution in [0.1, 0.15) is 25.3 Å². The molecule has 0 bridgehead atoms. The normalized spacial score (nSPS) is 18.4. The summed E-state index contributed by atoms with van der Waals surface area (Å²) in [5, 5.41) is 0. The molecule has 104 valence electrons. The summed E-state index contributed by atoms with van der Waals surface area (Å²) in [6.07, 6.45) is 2.33. The summed E-state index contributed by atoms with van der Waals surface area (Å²) in [4.78, 5) is 14.2. The van der Waals surface area contributed by atoms with Crippen molar-refractivity contribution in [2.75, 3.05) is 13.1 Å². The highest BCUT2D eigenvalue weighted by atomic mass is 19.1. The summed E-state index contributed by atoms with van der Waals surface area (Å²) < 4.78 is 13.1. The number of rotatable bonds is 3. The highest BCUT2D eigenvalue weighted by Gasteiger charge is 2.24. The second-order valence-electron chi connectivity index (χ2n) is 5.40. The van der Waals surface area contributed by atoms with Gasteiger partial charge >= 0.3 is 0 Å². The molecule has 2 N–H and O–H groups in total. The summed E-state index contributed by atoms with van der Waals surface area (Å²) in [5.41, 5.74) is 6.70. The molecular formula is C15H21FN2O. The van der Waals surface area contributed by atoms with E-state index in [9.17, 15) is 9.18 Å². The molecule has 1 saturated heterocycles. The average molecular weight is 264 g/mol. The van der Waals surface area contributed by atoms with Crippen molar-refractivity contribution in [3.63, 3.8) is 0 Å². The number of hydrogen-bond donors (Lipinski definition) is 1. The summed E-state index contributed by atoms with van der Waals surface area (Å²) in [6.45, 7) is 3.39. The molecule has 1 heterocycles. The van der Waals surface area contributed by atoms with Crippen molar-refractivity contribution >= 4 is 5.91 Å². The Balaban J connectivity index is 1.92. The molecule has 1 aliphatic heterocycles. The second kappa shape index (κ2) is 6.15. The lowest BCUT2D eigenvalue weighted by molar-refractivity contribution is -0.136. The number of nitrogens with zero attached hydrogens (tertiary/aromatic N) is 1. The number of carbonyl (C=O) groups is 1. The lowest BCUT2D eigenvalue weighted by Gasteiger charge is -2.32. The summed E-state index contributed by atoms with van der Waals surface area (Å²) in [7, 11) is 0. The predicted octanol–water partition coefficient (Wildman–Crippen LogP) is 1.95. The molecule has 0 aromatic heterocycles. The van der Waals surface area contributed by atoms with Crippen LogP contribution in [-0.2, 0) is 11.2 Å². The lowest BCUT2D eigenvalue weighted by atomic mass is 9.98. The maximum atomic E-state index is 13.1. The van der Waals surface area contributed by atoms with Gasteiger partial charge in [0.25, 0.3) is 0 Å². The molecule has 0 spiro atoms. The highest BCUT2D eigenvalue weighted by molar-refractivity contribution is 5.78. The number of piperidine rings is 1. The zero-order chi connectivity index (χ0) is 13.8. The van der Waals surface area contributed by atoms with Gasteiger partial charge in [0.15, 0.2) is 0 Å². The van der Waals surface area contributed by atoms with Crippen LogP contribution >= 0.6 is 0 Å². The van der Waals surface area contributed by atoms with Gasteiger partial charge in [0.05, 0.1) is 0 Å². The Bertz CT molecular complexity index is 442. The van der Waals surface area contributed by atoms with E-state index in [1.165, 1.54) is 12.1 Å². The zero-order valence-corrected chi connectivity index (χ0v) is 11.3. The van der Waals surface area contributed by atoms with Crippen LogP contribution in [0.3, 0.4) is 0 Å². The first-order valence-corrected chi connectivity index (χ1v) is 6.85. The predicted molar refractivity (Wildman–Crippen MR) is 73.1 cm³/mol. The number of nitrogens with two attached hydrogens (primary N) is 1. The van der Waals surface area contributed by atoms with Gasteiger partial charge in [-0.25, -0.2) is 4.39 Å². The van der Waals surface area contributed by atoms with Crippen LogP contribution < -0.4 is 5.73 Å². The van der Waals surface area contributed by atoms with Crippen molar-refractivity contribution in [1.82, 2.24) is 4.90 Å². The van der Waals surface area contributed by atoms with Crippen molar-refractivity contribution in [2.45, 2.75) is 32.2 Å². The second-order valence-corrected chi connectivity index (χ2v) is 5.40. The zero-order valence-electron chi connectivity index (χ0n) is 11.3. The van der Waals surface area contributed by atoms with Gasteiger partial charge < -0.3 is 10.6 Å². The van der Waals surface area contributed by atoms with Gasteiger partial charge in [-0.3, -0.25) is 4.79 Å². The Labute approximate surface area is 113 Å². The number of hydrogen-bond acceptors (Lipinski definition) is 2. The first-order valence-electron chi connectivity index (χ1n) is 6.85. The largest absolute Gasteiger partial charge is 0.342 e. The molecule has 3 nitrogen and oxygen atoms in total. The molecule has 1 amide bonds. The maximum absolute atomic E-state index is 13.1. The van der Waals surface area contributed by atoms with E-state index in [1.807, 2.05) is 17.9 Å². The average Bonchev–Trinajstić information content (AvgIpc) is 2.39. The van der Waals surface area contributed by atoms with E-state index in [2.05, 4.69) is 0 Å². The number of halogens is 1. The third kappa shape index (κ3) is 3.77. The van der Waals surface area contributed by atoms with Gasteiger partial charge in [0, 0.05) is 25.0 Å². The van der Waals surface area contributed by atoms with Gasteiger partial charge in [-0.2, -0.15) is 0 Å².